The Balaban J connectivity index is 2.54. The maximum Gasteiger partial charge on any atom is 0.408 e. The highest BCUT2D eigenvalue weighted by Crippen LogP contribution is 2.29. The molecule has 0 spiro atoms. The lowest BCUT2D eigenvalue weighted by molar-refractivity contribution is -0.145. The van der Waals surface area contributed by atoms with Crippen molar-refractivity contribution in [2.24, 2.45) is 0 Å². The van der Waals surface area contributed by atoms with Crippen LogP contribution in [0.1, 0.15) is 76.3 Å². The van der Waals surface area contributed by atoms with Gasteiger partial charge in [-0.3, -0.25) is 14.4 Å². The van der Waals surface area contributed by atoms with Crippen LogP contribution in [0.25, 0.3) is 0 Å². The molecule has 2 rings (SSSR count). The minimum absolute atomic E-state index is 0.0155. The van der Waals surface area contributed by atoms with Gasteiger partial charge in [-0.25, -0.2) is 4.79 Å². The Bertz CT molecular complexity index is 1240. The molecule has 0 saturated carbocycles. The third-order valence-electron chi connectivity index (χ3n) is 6.58. The number of esters is 1. The number of hydrogen-bond donors (Lipinski definition) is 3. The van der Waals surface area contributed by atoms with Gasteiger partial charge in [-0.2, -0.15) is 0 Å². The number of alkyl carbamates (subject to hydrolysis) is 1. The first-order chi connectivity index (χ1) is 19.6. The van der Waals surface area contributed by atoms with E-state index in [1.807, 2.05) is 26.0 Å². The third-order valence-corrected chi connectivity index (χ3v) is 6.58. The fourth-order valence-electron chi connectivity index (χ4n) is 4.48. The van der Waals surface area contributed by atoms with E-state index in [0.717, 1.165) is 11.1 Å². The van der Waals surface area contributed by atoms with E-state index in [4.69, 9.17) is 9.47 Å². The largest absolute Gasteiger partial charge is 0.508 e. The molecule has 2 atom stereocenters. The Kier molecular flexibility index (Phi) is 12.4. The van der Waals surface area contributed by atoms with Crippen molar-refractivity contribution in [3.63, 3.8) is 0 Å². The standard InChI is InChI=1S/C32H45N3O7/c1-9-41-27(37)17-18-33-29(38)28(25-12-10-11-21(4)22(25)5)35(20(2)3)30(39)26(34-31(40)42-32(6,7)8)19-23-13-15-24(36)16-14-23/h10-16,20,26,28,36H,9,17-19H2,1-8H3,(H,33,38)(H,34,40). The summed E-state index contributed by atoms with van der Waals surface area (Å²) in [5.41, 5.74) is 2.31. The number of amides is 3. The molecule has 230 valence electrons. The number of hydrogen-bond acceptors (Lipinski definition) is 7. The number of carbonyl (C=O) groups excluding carboxylic acids is 4. The SMILES string of the molecule is CCOC(=O)CCNC(=O)C(c1cccc(C)c1C)N(C(=O)C(Cc1ccc(O)cc1)NC(=O)OC(C)(C)C)C(C)C. The van der Waals surface area contributed by atoms with Crippen molar-refractivity contribution in [1.82, 2.24) is 15.5 Å². The number of phenols is 1. The zero-order chi connectivity index (χ0) is 31.6. The van der Waals surface area contributed by atoms with E-state index < -0.39 is 47.6 Å². The Labute approximate surface area is 248 Å². The topological polar surface area (TPSA) is 134 Å². The van der Waals surface area contributed by atoms with E-state index in [2.05, 4.69) is 10.6 Å². The molecule has 3 N–H and O–H groups in total. The van der Waals surface area contributed by atoms with Gasteiger partial charge in [0.2, 0.25) is 11.8 Å². The number of phenolic OH excluding ortho intramolecular Hbond substituents is 1. The minimum atomic E-state index is -1.09. The summed E-state index contributed by atoms with van der Waals surface area (Å²) in [5, 5.41) is 15.2. The fraction of sp³-hybridized carbons (Fsp3) is 0.500. The second kappa shape index (κ2) is 15.2. The summed E-state index contributed by atoms with van der Waals surface area (Å²) in [6.45, 7) is 14.6. The number of aryl methyl sites for hydroxylation is 1. The molecule has 2 aromatic carbocycles. The van der Waals surface area contributed by atoms with Crippen LogP contribution in [0.15, 0.2) is 42.5 Å². The summed E-state index contributed by atoms with van der Waals surface area (Å²) < 4.78 is 10.4. The van der Waals surface area contributed by atoms with Gasteiger partial charge in [0.15, 0.2) is 0 Å². The van der Waals surface area contributed by atoms with Gasteiger partial charge in [0.25, 0.3) is 0 Å². The zero-order valence-electron chi connectivity index (χ0n) is 25.9. The van der Waals surface area contributed by atoms with Gasteiger partial charge < -0.3 is 30.1 Å². The third kappa shape index (κ3) is 10.1. The van der Waals surface area contributed by atoms with Crippen molar-refractivity contribution in [2.75, 3.05) is 13.2 Å². The maximum atomic E-state index is 14.4. The van der Waals surface area contributed by atoms with Crippen LogP contribution in [0.3, 0.4) is 0 Å². The monoisotopic (exact) mass is 583 g/mol. The highest BCUT2D eigenvalue weighted by atomic mass is 16.6. The molecular weight excluding hydrogens is 538 g/mol. The summed E-state index contributed by atoms with van der Waals surface area (Å²) in [5.74, 6) is -1.32. The predicted octanol–water partition coefficient (Wildman–Crippen LogP) is 4.49. The molecule has 2 unspecified atom stereocenters. The predicted molar refractivity (Wildman–Crippen MR) is 160 cm³/mol. The van der Waals surface area contributed by atoms with E-state index in [9.17, 15) is 24.3 Å². The average Bonchev–Trinajstić information content (AvgIpc) is 2.88. The lowest BCUT2D eigenvalue weighted by Crippen LogP contribution is -2.56. The first-order valence-corrected chi connectivity index (χ1v) is 14.2. The number of nitrogens with one attached hydrogen (secondary N) is 2. The Morgan fingerprint density at radius 1 is 1.00 bits per heavy atom. The fourth-order valence-corrected chi connectivity index (χ4v) is 4.48. The first-order valence-electron chi connectivity index (χ1n) is 14.2. The van der Waals surface area contributed by atoms with Crippen molar-refractivity contribution >= 4 is 23.9 Å². The smallest absolute Gasteiger partial charge is 0.408 e. The Morgan fingerprint density at radius 2 is 1.64 bits per heavy atom. The molecule has 10 nitrogen and oxygen atoms in total. The second-order valence-electron chi connectivity index (χ2n) is 11.4. The van der Waals surface area contributed by atoms with E-state index >= 15 is 0 Å². The molecule has 10 heteroatoms. The van der Waals surface area contributed by atoms with Gasteiger partial charge in [0, 0.05) is 19.0 Å². The molecule has 0 aliphatic carbocycles. The molecule has 42 heavy (non-hydrogen) atoms. The van der Waals surface area contributed by atoms with Crippen LogP contribution in [-0.4, -0.2) is 64.7 Å². The summed E-state index contributed by atoms with van der Waals surface area (Å²) in [7, 11) is 0. The molecule has 0 radical (unpaired) electrons. The van der Waals surface area contributed by atoms with Crippen LogP contribution in [0.2, 0.25) is 0 Å². The molecule has 0 heterocycles. The molecule has 0 aromatic heterocycles. The molecule has 0 bridgehead atoms. The van der Waals surface area contributed by atoms with Crippen LogP contribution in [-0.2, 0) is 30.3 Å². The first kappa shape index (κ1) is 34.1. The van der Waals surface area contributed by atoms with Crippen LogP contribution in [0.4, 0.5) is 4.79 Å². The van der Waals surface area contributed by atoms with Gasteiger partial charge in [0.1, 0.15) is 23.4 Å². The zero-order valence-corrected chi connectivity index (χ0v) is 25.9. The molecule has 2 aromatic rings. The van der Waals surface area contributed by atoms with E-state index in [-0.39, 0.29) is 31.7 Å². The normalized spacial score (nSPS) is 12.7. The summed E-state index contributed by atoms with van der Waals surface area (Å²) in [4.78, 5) is 54.4. The Hall–Kier alpha value is -4.08. The highest BCUT2D eigenvalue weighted by molar-refractivity contribution is 5.93. The Morgan fingerprint density at radius 3 is 2.21 bits per heavy atom. The number of carbonyl (C=O) groups is 4. The lowest BCUT2D eigenvalue weighted by Gasteiger charge is -2.38. The van der Waals surface area contributed by atoms with Gasteiger partial charge in [-0.15, -0.1) is 0 Å². The van der Waals surface area contributed by atoms with Gasteiger partial charge >= 0.3 is 12.1 Å². The van der Waals surface area contributed by atoms with Gasteiger partial charge in [-0.05, 0) is 89.8 Å². The molecule has 0 aliphatic heterocycles. The van der Waals surface area contributed by atoms with E-state index in [0.29, 0.717) is 11.1 Å². The number of benzene rings is 2. The second-order valence-corrected chi connectivity index (χ2v) is 11.4. The van der Waals surface area contributed by atoms with Crippen LogP contribution in [0, 0.1) is 13.8 Å². The van der Waals surface area contributed by atoms with E-state index in [1.54, 1.807) is 59.7 Å². The average molecular weight is 584 g/mol. The van der Waals surface area contributed by atoms with Crippen molar-refractivity contribution < 1.29 is 33.8 Å². The number of rotatable bonds is 12. The van der Waals surface area contributed by atoms with Crippen molar-refractivity contribution in [2.45, 2.75) is 92.0 Å². The maximum absolute atomic E-state index is 14.4. The van der Waals surface area contributed by atoms with Gasteiger partial charge in [0.05, 0.1) is 13.0 Å². The quantitative estimate of drug-likeness (QED) is 0.314. The van der Waals surface area contributed by atoms with Crippen molar-refractivity contribution in [1.29, 1.82) is 0 Å². The molecule has 0 fully saturated rings. The summed E-state index contributed by atoms with van der Waals surface area (Å²) in [6.07, 6.45) is -0.699. The van der Waals surface area contributed by atoms with Crippen molar-refractivity contribution in [3.05, 3.63) is 64.7 Å². The summed E-state index contributed by atoms with van der Waals surface area (Å²) in [6, 6.07) is 9.28. The van der Waals surface area contributed by atoms with Crippen molar-refractivity contribution in [3.8, 4) is 5.75 Å². The van der Waals surface area contributed by atoms with E-state index in [1.165, 1.54) is 17.0 Å². The van der Waals surface area contributed by atoms with Crippen LogP contribution >= 0.6 is 0 Å². The number of aromatic hydroxyl groups is 1. The number of ether oxygens (including phenoxy) is 2. The van der Waals surface area contributed by atoms with Crippen LogP contribution < -0.4 is 10.6 Å². The van der Waals surface area contributed by atoms with Gasteiger partial charge in [-0.1, -0.05) is 30.3 Å². The molecule has 0 aliphatic rings. The lowest BCUT2D eigenvalue weighted by atomic mass is 9.93. The number of nitrogens with zero attached hydrogens (tertiary/aromatic N) is 1. The summed E-state index contributed by atoms with van der Waals surface area (Å²) >= 11 is 0. The molecular formula is C32H45N3O7. The minimum Gasteiger partial charge on any atom is -0.508 e. The van der Waals surface area contributed by atoms with Crippen LogP contribution in [0.5, 0.6) is 5.75 Å². The highest BCUT2D eigenvalue weighted by Gasteiger charge is 2.38. The molecule has 0 saturated heterocycles. The molecule has 3 amide bonds.